The molecule has 0 spiro atoms. The highest BCUT2D eigenvalue weighted by Gasteiger charge is 2.66. The molecule has 0 unspecified atom stereocenters. The average molecular weight is 239 g/mol. The molecule has 0 aromatic carbocycles. The molecule has 3 atom stereocenters. The zero-order valence-corrected chi connectivity index (χ0v) is 10.8. The molecule has 1 saturated heterocycles. The van der Waals surface area contributed by atoms with Crippen molar-refractivity contribution in [1.82, 2.24) is 4.90 Å². The lowest BCUT2D eigenvalue weighted by Crippen LogP contribution is -2.43. The molecule has 2 rings (SSSR count). The number of piperidine rings is 1. The van der Waals surface area contributed by atoms with E-state index >= 15 is 0 Å². The molecule has 1 N–H and O–H groups in total. The predicted octanol–water partition coefficient (Wildman–Crippen LogP) is 1.74. The largest absolute Gasteiger partial charge is 0.481 e. The number of carbonyl (C=O) groups excluding carboxylic acids is 1. The number of aliphatic carboxylic acids is 1. The third-order valence-electron chi connectivity index (χ3n) is 4.45. The van der Waals surface area contributed by atoms with Crippen LogP contribution in [0.4, 0.5) is 0 Å². The summed E-state index contributed by atoms with van der Waals surface area (Å²) >= 11 is 0. The molecule has 1 saturated carbocycles. The molecule has 2 fully saturated rings. The zero-order valence-electron chi connectivity index (χ0n) is 10.8. The molecular formula is C13H21NO3. The van der Waals surface area contributed by atoms with Crippen molar-refractivity contribution in [3.05, 3.63) is 0 Å². The topological polar surface area (TPSA) is 57.6 Å². The van der Waals surface area contributed by atoms with E-state index in [2.05, 4.69) is 6.92 Å². The summed E-state index contributed by atoms with van der Waals surface area (Å²) in [5.74, 6) is -1.60. The van der Waals surface area contributed by atoms with Gasteiger partial charge in [0.05, 0.1) is 11.8 Å². The number of nitrogens with zero attached hydrogens (tertiary/aromatic N) is 1. The fourth-order valence-corrected chi connectivity index (χ4v) is 3.16. The van der Waals surface area contributed by atoms with E-state index in [0.717, 1.165) is 19.4 Å². The van der Waals surface area contributed by atoms with Crippen LogP contribution in [0.15, 0.2) is 0 Å². The van der Waals surface area contributed by atoms with Crippen molar-refractivity contribution in [2.45, 2.75) is 46.1 Å². The monoisotopic (exact) mass is 239 g/mol. The van der Waals surface area contributed by atoms with Crippen LogP contribution >= 0.6 is 0 Å². The molecule has 4 nitrogen and oxygen atoms in total. The third kappa shape index (κ3) is 1.94. The van der Waals surface area contributed by atoms with Gasteiger partial charge in [-0.25, -0.2) is 0 Å². The van der Waals surface area contributed by atoms with E-state index in [1.165, 1.54) is 6.42 Å². The first kappa shape index (κ1) is 12.4. The van der Waals surface area contributed by atoms with Crippen molar-refractivity contribution < 1.29 is 14.7 Å². The van der Waals surface area contributed by atoms with Gasteiger partial charge in [-0.15, -0.1) is 0 Å². The Morgan fingerprint density at radius 3 is 2.35 bits per heavy atom. The number of hydrogen-bond donors (Lipinski definition) is 1. The number of carbonyl (C=O) groups is 2. The summed E-state index contributed by atoms with van der Waals surface area (Å²) in [6.07, 6.45) is 3.25. The SMILES string of the molecule is C[C@@H]1CCCCN1C(=O)[C@@H]1[C@H](C(=O)O)C1(C)C. The molecule has 1 amide bonds. The Labute approximate surface area is 102 Å². The molecule has 2 aliphatic rings. The zero-order chi connectivity index (χ0) is 12.8. The second-order valence-corrected chi connectivity index (χ2v) is 5.99. The van der Waals surface area contributed by atoms with Crippen LogP contribution in [-0.2, 0) is 9.59 Å². The van der Waals surface area contributed by atoms with E-state index in [9.17, 15) is 9.59 Å². The quantitative estimate of drug-likeness (QED) is 0.798. The molecule has 17 heavy (non-hydrogen) atoms. The Hall–Kier alpha value is -1.06. The molecular weight excluding hydrogens is 218 g/mol. The first-order valence-corrected chi connectivity index (χ1v) is 6.40. The highest BCUT2D eigenvalue weighted by Crippen LogP contribution is 2.59. The van der Waals surface area contributed by atoms with Crippen LogP contribution in [0.2, 0.25) is 0 Å². The summed E-state index contributed by atoms with van der Waals surface area (Å²) in [6, 6.07) is 0.266. The number of rotatable bonds is 2. The van der Waals surface area contributed by atoms with Gasteiger partial charge in [0.1, 0.15) is 0 Å². The van der Waals surface area contributed by atoms with Crippen molar-refractivity contribution in [1.29, 1.82) is 0 Å². The fourth-order valence-electron chi connectivity index (χ4n) is 3.16. The summed E-state index contributed by atoms with van der Waals surface area (Å²) in [7, 11) is 0. The summed E-state index contributed by atoms with van der Waals surface area (Å²) < 4.78 is 0. The van der Waals surface area contributed by atoms with Gasteiger partial charge in [0.15, 0.2) is 0 Å². The van der Waals surface area contributed by atoms with E-state index in [0.29, 0.717) is 0 Å². The molecule has 1 heterocycles. The van der Waals surface area contributed by atoms with Crippen LogP contribution in [0.3, 0.4) is 0 Å². The lowest BCUT2D eigenvalue weighted by molar-refractivity contribution is -0.143. The summed E-state index contributed by atoms with van der Waals surface area (Å²) in [6.45, 7) is 6.60. The molecule has 96 valence electrons. The van der Waals surface area contributed by atoms with Crippen LogP contribution in [0, 0.1) is 17.3 Å². The van der Waals surface area contributed by atoms with E-state index in [1.54, 1.807) is 0 Å². The first-order chi connectivity index (χ1) is 7.87. The number of hydrogen-bond acceptors (Lipinski definition) is 2. The van der Waals surface area contributed by atoms with Crippen molar-refractivity contribution in [2.75, 3.05) is 6.54 Å². The number of likely N-dealkylation sites (tertiary alicyclic amines) is 1. The molecule has 0 bridgehead atoms. The van der Waals surface area contributed by atoms with Crippen molar-refractivity contribution >= 4 is 11.9 Å². The van der Waals surface area contributed by atoms with Gasteiger partial charge in [0, 0.05) is 12.6 Å². The molecule has 0 radical (unpaired) electrons. The Bertz CT molecular complexity index is 351. The highest BCUT2D eigenvalue weighted by atomic mass is 16.4. The second kappa shape index (κ2) is 4.00. The van der Waals surface area contributed by atoms with Gasteiger partial charge in [-0.05, 0) is 31.6 Å². The molecule has 0 aromatic rings. The van der Waals surface area contributed by atoms with Gasteiger partial charge < -0.3 is 10.0 Å². The van der Waals surface area contributed by atoms with Crippen molar-refractivity contribution in [3.8, 4) is 0 Å². The van der Waals surface area contributed by atoms with E-state index in [1.807, 2.05) is 18.7 Å². The van der Waals surface area contributed by atoms with Crippen LogP contribution < -0.4 is 0 Å². The minimum absolute atomic E-state index is 0.0506. The van der Waals surface area contributed by atoms with E-state index in [-0.39, 0.29) is 23.3 Å². The molecule has 0 aromatic heterocycles. The van der Waals surface area contributed by atoms with Gasteiger partial charge in [-0.1, -0.05) is 13.8 Å². The molecule has 1 aliphatic carbocycles. The smallest absolute Gasteiger partial charge is 0.307 e. The van der Waals surface area contributed by atoms with Crippen LogP contribution in [0.1, 0.15) is 40.0 Å². The van der Waals surface area contributed by atoms with Crippen LogP contribution in [-0.4, -0.2) is 34.5 Å². The van der Waals surface area contributed by atoms with Gasteiger partial charge in [-0.3, -0.25) is 9.59 Å². The van der Waals surface area contributed by atoms with Crippen molar-refractivity contribution in [3.63, 3.8) is 0 Å². The molecule has 1 aliphatic heterocycles. The highest BCUT2D eigenvalue weighted by molar-refractivity contribution is 5.91. The minimum atomic E-state index is -0.835. The maximum absolute atomic E-state index is 12.4. The van der Waals surface area contributed by atoms with Gasteiger partial charge in [0.2, 0.25) is 5.91 Å². The average Bonchev–Trinajstić information content (AvgIpc) is 2.81. The maximum Gasteiger partial charge on any atom is 0.307 e. The van der Waals surface area contributed by atoms with Crippen LogP contribution in [0.5, 0.6) is 0 Å². The first-order valence-electron chi connectivity index (χ1n) is 6.40. The molecule has 4 heteroatoms. The van der Waals surface area contributed by atoms with Gasteiger partial charge >= 0.3 is 5.97 Å². The minimum Gasteiger partial charge on any atom is -0.481 e. The Morgan fingerprint density at radius 1 is 1.24 bits per heavy atom. The van der Waals surface area contributed by atoms with Gasteiger partial charge in [-0.2, -0.15) is 0 Å². The van der Waals surface area contributed by atoms with E-state index < -0.39 is 11.9 Å². The normalized spacial score (nSPS) is 35.5. The lowest BCUT2D eigenvalue weighted by atomic mass is 10.0. The Balaban J connectivity index is 2.08. The Morgan fingerprint density at radius 2 is 1.88 bits per heavy atom. The maximum atomic E-state index is 12.4. The number of amides is 1. The predicted molar refractivity (Wildman–Crippen MR) is 63.4 cm³/mol. The van der Waals surface area contributed by atoms with E-state index in [4.69, 9.17) is 5.11 Å². The Kier molecular flexibility index (Phi) is 2.92. The standard InChI is InChI=1S/C13H21NO3/c1-8-6-4-5-7-14(8)11(15)9-10(12(16)17)13(9,2)3/h8-10H,4-7H2,1-3H3,(H,16,17)/t8-,9+,10-/m1/s1. The van der Waals surface area contributed by atoms with Gasteiger partial charge in [0.25, 0.3) is 0 Å². The van der Waals surface area contributed by atoms with Crippen LogP contribution in [0.25, 0.3) is 0 Å². The summed E-state index contributed by atoms with van der Waals surface area (Å²) in [4.78, 5) is 25.3. The lowest BCUT2D eigenvalue weighted by Gasteiger charge is -2.34. The number of carboxylic acid groups (broad SMARTS) is 1. The van der Waals surface area contributed by atoms with Crippen molar-refractivity contribution in [2.24, 2.45) is 17.3 Å². The summed E-state index contributed by atoms with van der Waals surface area (Å²) in [5.41, 5.74) is -0.375. The number of carboxylic acids is 1. The second-order valence-electron chi connectivity index (χ2n) is 5.99. The third-order valence-corrected chi connectivity index (χ3v) is 4.45. The summed E-state index contributed by atoms with van der Waals surface area (Å²) in [5, 5.41) is 9.10. The fraction of sp³-hybridized carbons (Fsp3) is 0.846.